The molecule has 0 spiro atoms. The molecule has 2 N–H and O–H groups in total. The minimum atomic E-state index is -0.775. The predicted octanol–water partition coefficient (Wildman–Crippen LogP) is 7.10. The molecule has 1 unspecified atom stereocenters. The van der Waals surface area contributed by atoms with Crippen LogP contribution < -0.4 is 24.8 Å². The van der Waals surface area contributed by atoms with Gasteiger partial charge in [-0.15, -0.1) is 0 Å². The lowest BCUT2D eigenvalue weighted by Gasteiger charge is -2.22. The number of esters is 1. The van der Waals surface area contributed by atoms with Crippen LogP contribution in [0.1, 0.15) is 27.6 Å². The number of carbonyl (C=O) groups excluding carboxylic acids is 2. The van der Waals surface area contributed by atoms with Gasteiger partial charge in [-0.25, -0.2) is 14.0 Å². The van der Waals surface area contributed by atoms with Gasteiger partial charge in [0.15, 0.2) is 11.5 Å². The number of anilines is 2. The predicted molar refractivity (Wildman–Crippen MR) is 150 cm³/mol. The Morgan fingerprint density at radius 1 is 0.750 bits per heavy atom. The topological polar surface area (TPSA) is 95.1 Å². The highest BCUT2D eigenvalue weighted by atomic mass is 35.5. The number of benzene rings is 4. The van der Waals surface area contributed by atoms with Crippen molar-refractivity contribution in [3.63, 3.8) is 0 Å². The lowest BCUT2D eigenvalue weighted by atomic mass is 10.0. The number of ether oxygens (including phenoxy) is 4. The van der Waals surface area contributed by atoms with E-state index in [4.69, 9.17) is 30.5 Å². The van der Waals surface area contributed by atoms with Crippen LogP contribution in [0.3, 0.4) is 0 Å². The highest BCUT2D eigenvalue weighted by molar-refractivity contribution is 6.30. The van der Waals surface area contributed by atoms with Crippen LogP contribution in [0.2, 0.25) is 5.02 Å². The largest absolute Gasteiger partial charge is 0.493 e. The van der Waals surface area contributed by atoms with Crippen molar-refractivity contribution in [2.75, 3.05) is 32.0 Å². The third-order valence-electron chi connectivity index (χ3n) is 5.85. The van der Waals surface area contributed by atoms with Gasteiger partial charge >= 0.3 is 12.0 Å². The zero-order valence-corrected chi connectivity index (χ0v) is 22.6. The van der Waals surface area contributed by atoms with E-state index in [9.17, 15) is 14.0 Å². The summed E-state index contributed by atoms with van der Waals surface area (Å²) in [5.74, 6) is 0.00785. The highest BCUT2D eigenvalue weighted by Gasteiger charge is 2.22. The van der Waals surface area contributed by atoms with E-state index in [1.165, 1.54) is 45.6 Å². The Hall–Kier alpha value is -4.76. The van der Waals surface area contributed by atoms with E-state index in [1.807, 2.05) is 0 Å². The number of rotatable bonds is 9. The molecule has 1 atom stereocenters. The molecular weight excluding hydrogens is 539 g/mol. The first-order chi connectivity index (χ1) is 19.3. The molecule has 0 radical (unpaired) electrons. The Bertz CT molecular complexity index is 1510. The van der Waals surface area contributed by atoms with Gasteiger partial charge in [0.25, 0.3) is 0 Å². The summed E-state index contributed by atoms with van der Waals surface area (Å²) in [6, 6.07) is 21.8. The quantitative estimate of drug-likeness (QED) is 0.211. The number of urea groups is 1. The molecule has 4 rings (SSSR count). The Kier molecular flexibility index (Phi) is 9.08. The van der Waals surface area contributed by atoms with Crippen LogP contribution in [0, 0.1) is 5.82 Å². The maximum Gasteiger partial charge on any atom is 0.341 e. The van der Waals surface area contributed by atoms with Crippen molar-refractivity contribution in [1.29, 1.82) is 0 Å². The van der Waals surface area contributed by atoms with E-state index < -0.39 is 23.9 Å². The van der Waals surface area contributed by atoms with Gasteiger partial charge < -0.3 is 29.6 Å². The summed E-state index contributed by atoms with van der Waals surface area (Å²) < 4.78 is 35.8. The zero-order valence-electron chi connectivity index (χ0n) is 21.9. The Morgan fingerprint density at radius 2 is 1.40 bits per heavy atom. The molecule has 40 heavy (non-hydrogen) atoms. The number of amides is 2. The van der Waals surface area contributed by atoms with Gasteiger partial charge in [0, 0.05) is 22.5 Å². The van der Waals surface area contributed by atoms with Crippen molar-refractivity contribution in [2.24, 2.45) is 0 Å². The van der Waals surface area contributed by atoms with Crippen molar-refractivity contribution in [1.82, 2.24) is 0 Å². The first-order valence-electron chi connectivity index (χ1n) is 12.0. The van der Waals surface area contributed by atoms with E-state index in [-0.39, 0.29) is 11.3 Å². The number of hydrogen-bond donors (Lipinski definition) is 2. The van der Waals surface area contributed by atoms with Crippen LogP contribution in [0.25, 0.3) is 0 Å². The van der Waals surface area contributed by atoms with Gasteiger partial charge in [0.05, 0.1) is 21.3 Å². The number of halogens is 2. The summed E-state index contributed by atoms with van der Waals surface area (Å²) in [7, 11) is 4.24. The molecule has 10 heteroatoms. The third-order valence-corrected chi connectivity index (χ3v) is 6.11. The van der Waals surface area contributed by atoms with Crippen LogP contribution >= 0.6 is 11.6 Å². The van der Waals surface area contributed by atoms with Gasteiger partial charge in [-0.05, 0) is 65.7 Å². The van der Waals surface area contributed by atoms with Crippen LogP contribution in [0.15, 0.2) is 84.9 Å². The monoisotopic (exact) mass is 564 g/mol. The van der Waals surface area contributed by atoms with E-state index in [1.54, 1.807) is 60.7 Å². The van der Waals surface area contributed by atoms with Gasteiger partial charge in [0.2, 0.25) is 0 Å². The molecule has 0 heterocycles. The number of hydrogen-bond acceptors (Lipinski definition) is 6. The second-order valence-electron chi connectivity index (χ2n) is 8.46. The minimum absolute atomic E-state index is 0.0572. The van der Waals surface area contributed by atoms with Crippen molar-refractivity contribution >= 4 is 35.0 Å². The normalized spacial score (nSPS) is 11.2. The van der Waals surface area contributed by atoms with E-state index in [0.29, 0.717) is 39.0 Å². The molecule has 4 aromatic carbocycles. The van der Waals surface area contributed by atoms with E-state index in [2.05, 4.69) is 10.6 Å². The number of methoxy groups -OCH3 is 3. The average molecular weight is 565 g/mol. The van der Waals surface area contributed by atoms with Crippen molar-refractivity contribution in [2.45, 2.75) is 6.10 Å². The van der Waals surface area contributed by atoms with Gasteiger partial charge in [-0.1, -0.05) is 35.9 Å². The van der Waals surface area contributed by atoms with E-state index >= 15 is 0 Å². The maximum atomic E-state index is 14.1. The lowest BCUT2D eigenvalue weighted by molar-refractivity contribution is 0.0594. The Morgan fingerprint density at radius 3 is 2.02 bits per heavy atom. The zero-order chi connectivity index (χ0) is 28.6. The smallest absolute Gasteiger partial charge is 0.341 e. The van der Waals surface area contributed by atoms with Crippen LogP contribution in [0.4, 0.5) is 20.6 Å². The maximum absolute atomic E-state index is 14.1. The molecule has 0 fully saturated rings. The molecule has 8 nitrogen and oxygen atoms in total. The summed E-state index contributed by atoms with van der Waals surface area (Å²) in [6.45, 7) is 0. The van der Waals surface area contributed by atoms with Crippen LogP contribution in [-0.4, -0.2) is 33.3 Å². The fourth-order valence-electron chi connectivity index (χ4n) is 3.95. The first-order valence-corrected chi connectivity index (χ1v) is 12.4. The summed E-state index contributed by atoms with van der Waals surface area (Å²) in [5.41, 5.74) is 2.03. The Balaban J connectivity index is 1.61. The molecule has 0 aliphatic rings. The van der Waals surface area contributed by atoms with Gasteiger partial charge in [-0.3, -0.25) is 0 Å². The number of carbonyl (C=O) groups is 2. The van der Waals surface area contributed by atoms with Crippen molar-refractivity contribution in [3.05, 3.63) is 112 Å². The van der Waals surface area contributed by atoms with E-state index in [0.717, 1.165) is 0 Å². The minimum Gasteiger partial charge on any atom is -0.493 e. The second kappa shape index (κ2) is 12.9. The molecule has 206 valence electrons. The summed E-state index contributed by atoms with van der Waals surface area (Å²) in [5, 5.41) is 5.91. The van der Waals surface area contributed by atoms with Gasteiger partial charge in [0.1, 0.15) is 23.2 Å². The molecule has 0 aliphatic heterocycles. The molecule has 0 bridgehead atoms. The molecule has 0 saturated heterocycles. The summed E-state index contributed by atoms with van der Waals surface area (Å²) in [6.07, 6.45) is -0.775. The molecular formula is C30H26ClFN2O6. The molecule has 2 amide bonds. The lowest BCUT2D eigenvalue weighted by Crippen LogP contribution is -2.20. The van der Waals surface area contributed by atoms with Crippen molar-refractivity contribution < 1.29 is 32.9 Å². The molecule has 4 aromatic rings. The molecule has 0 saturated carbocycles. The second-order valence-corrected chi connectivity index (χ2v) is 8.89. The van der Waals surface area contributed by atoms with Crippen LogP contribution in [-0.2, 0) is 4.74 Å². The van der Waals surface area contributed by atoms with Crippen molar-refractivity contribution in [3.8, 4) is 17.2 Å². The first kappa shape index (κ1) is 28.3. The fraction of sp³-hybridized carbons (Fsp3) is 0.133. The fourth-order valence-corrected chi connectivity index (χ4v) is 4.08. The average Bonchev–Trinajstić information content (AvgIpc) is 2.96. The number of nitrogens with one attached hydrogen (secondary N) is 2. The Labute approximate surface area is 235 Å². The standard InChI is InChI=1S/C30H26ClFN2O6/c1-37-26-14-12-23(17-27(26)38-2)34-30(36)33-22-11-13-25(24(16-22)29(35)39-3)40-28(18-7-9-20(31)10-8-18)19-5-4-6-21(32)15-19/h4-17,28H,1-3H3,(H2,33,34,36). The highest BCUT2D eigenvalue weighted by Crippen LogP contribution is 2.34. The summed E-state index contributed by atoms with van der Waals surface area (Å²) >= 11 is 6.06. The van der Waals surface area contributed by atoms with Crippen LogP contribution in [0.5, 0.6) is 17.2 Å². The molecule has 0 aromatic heterocycles. The SMILES string of the molecule is COC(=O)c1cc(NC(=O)Nc2ccc(OC)c(OC)c2)ccc1OC(c1ccc(Cl)cc1)c1cccc(F)c1. The third kappa shape index (κ3) is 6.81. The van der Waals surface area contributed by atoms with Gasteiger partial charge in [-0.2, -0.15) is 0 Å². The summed E-state index contributed by atoms with van der Waals surface area (Å²) in [4.78, 5) is 25.4. The molecule has 0 aliphatic carbocycles.